The average Bonchev–Trinajstić information content (AvgIpc) is 3.68. The molecule has 0 saturated heterocycles. The molecule has 0 bridgehead atoms. The number of carbonyl (C=O) groups is 3. The van der Waals surface area contributed by atoms with Gasteiger partial charge in [-0.1, -0.05) is 114 Å². The first kappa shape index (κ1) is 57.1. The number of carbonyl (C=O) groups excluding carboxylic acids is 3. The van der Waals surface area contributed by atoms with Crippen LogP contribution in [0.15, 0.2) is 91.6 Å². The number of benzene rings is 2. The highest BCUT2D eigenvalue weighted by atomic mass is 16.3. The van der Waals surface area contributed by atoms with Crippen molar-refractivity contribution >= 4 is 24.7 Å². The van der Waals surface area contributed by atoms with Crippen LogP contribution in [0.4, 0.5) is 5.69 Å². The number of fused-ring (bicyclic) bond motifs is 5. The predicted octanol–water partition coefficient (Wildman–Crippen LogP) is 12.9. The molecule has 1 amide bonds. The number of amides is 1. The van der Waals surface area contributed by atoms with Crippen LogP contribution in [0.1, 0.15) is 153 Å². The average molecular weight is 894 g/mol. The van der Waals surface area contributed by atoms with Crippen LogP contribution in [0.5, 0.6) is 0 Å². The number of aliphatic hydroxyl groups is 1. The molecule has 4 saturated carbocycles. The molecule has 0 aromatic heterocycles. The van der Waals surface area contributed by atoms with E-state index in [0.717, 1.165) is 97.4 Å². The van der Waals surface area contributed by atoms with Gasteiger partial charge in [0, 0.05) is 30.3 Å². The first-order chi connectivity index (χ1) is 31.4. The highest BCUT2D eigenvalue weighted by Crippen LogP contribution is 2.64. The van der Waals surface area contributed by atoms with E-state index in [2.05, 4.69) is 87.1 Å². The molecule has 0 heterocycles. The second-order valence-corrected chi connectivity index (χ2v) is 19.3. The molecule has 6 rings (SSSR count). The number of nitrogens with one attached hydrogen (secondary N) is 3. The van der Waals surface area contributed by atoms with Crippen LogP contribution in [-0.2, 0) is 29.0 Å². The summed E-state index contributed by atoms with van der Waals surface area (Å²) in [4.78, 5) is 32.7. The highest BCUT2D eigenvalue weighted by Gasteiger charge is 2.58. The van der Waals surface area contributed by atoms with Crippen LogP contribution in [0.2, 0.25) is 0 Å². The Morgan fingerprint density at radius 3 is 2.23 bits per heavy atom. The van der Waals surface area contributed by atoms with E-state index in [1.54, 1.807) is 12.2 Å². The molecule has 0 aliphatic heterocycles. The van der Waals surface area contributed by atoms with Crippen LogP contribution in [0, 0.1) is 52.8 Å². The van der Waals surface area contributed by atoms with Crippen molar-refractivity contribution in [3.63, 3.8) is 0 Å². The Morgan fingerprint density at radius 1 is 0.892 bits per heavy atom. The van der Waals surface area contributed by atoms with Gasteiger partial charge in [0.05, 0.1) is 6.10 Å². The quantitative estimate of drug-likeness (QED) is 0.0716. The lowest BCUT2D eigenvalue weighted by atomic mass is 9.48. The molecule has 4 aliphatic carbocycles. The topological polar surface area (TPSA) is 108 Å². The minimum absolute atomic E-state index is 0.0261. The summed E-state index contributed by atoms with van der Waals surface area (Å²) < 4.78 is 0. The summed E-state index contributed by atoms with van der Waals surface area (Å²) in [6.07, 6.45) is 27.3. The number of anilines is 1. The van der Waals surface area contributed by atoms with Crippen LogP contribution in [0.3, 0.4) is 0 Å². The number of rotatable bonds is 17. The Hall–Kier alpha value is -4.07. The number of hydrogen-bond donors (Lipinski definition) is 4. The monoisotopic (exact) mass is 894 g/mol. The largest absolute Gasteiger partial charge is 0.393 e. The Bertz CT molecular complexity index is 1770. The molecule has 4 fully saturated rings. The highest BCUT2D eigenvalue weighted by molar-refractivity contribution is 5.94. The summed E-state index contributed by atoms with van der Waals surface area (Å²) >= 11 is 0. The molecular formula is C58H91N3O4. The third-order valence-electron chi connectivity index (χ3n) is 14.8. The van der Waals surface area contributed by atoms with Crippen molar-refractivity contribution in [2.45, 2.75) is 151 Å². The molecule has 2 aromatic rings. The number of hydrogen-bond acceptors (Lipinski definition) is 6. The van der Waals surface area contributed by atoms with Crippen LogP contribution < -0.4 is 16.0 Å². The molecule has 7 heteroatoms. The molecule has 4 aliphatic rings. The van der Waals surface area contributed by atoms with Crippen molar-refractivity contribution in [2.24, 2.45) is 52.8 Å². The van der Waals surface area contributed by atoms with E-state index in [1.165, 1.54) is 68.8 Å². The van der Waals surface area contributed by atoms with Gasteiger partial charge in [0.1, 0.15) is 13.1 Å². The van der Waals surface area contributed by atoms with Crippen molar-refractivity contribution < 1.29 is 19.5 Å². The van der Waals surface area contributed by atoms with Gasteiger partial charge in [0.2, 0.25) is 0 Å². The van der Waals surface area contributed by atoms with Gasteiger partial charge in [-0.3, -0.25) is 4.79 Å². The third-order valence-corrected chi connectivity index (χ3v) is 14.8. The second kappa shape index (κ2) is 31.0. The molecule has 4 N–H and O–H groups in total. The molecule has 0 spiro atoms. The predicted molar refractivity (Wildman–Crippen MR) is 277 cm³/mol. The Kier molecular flexibility index (Phi) is 27.2. The van der Waals surface area contributed by atoms with E-state index in [-0.39, 0.29) is 17.4 Å². The minimum atomic E-state index is -0.0574. The Morgan fingerprint density at radius 2 is 1.57 bits per heavy atom. The maximum Gasteiger partial charge on any atom is 0.251 e. The first-order valence-corrected chi connectivity index (χ1v) is 25.2. The molecule has 9 atom stereocenters. The SMILES string of the molecule is C=C/C=C\C=C(/C)CCc1ccc(CNC(=O)c2cccc(CCNC)c2)cc1NC.C=CC.C=O.CC.CC(C)CCCC1C(O)CCC2C1CCC1C2CCC2(C=O)CCC(C)C12. The van der Waals surface area contributed by atoms with Crippen LogP contribution in [-0.4, -0.2) is 50.8 Å². The summed E-state index contributed by atoms with van der Waals surface area (Å²) in [5.41, 5.74) is 6.67. The lowest BCUT2D eigenvalue weighted by Crippen LogP contribution is -2.52. The van der Waals surface area contributed by atoms with E-state index in [0.29, 0.717) is 23.9 Å². The van der Waals surface area contributed by atoms with Crippen molar-refractivity contribution in [2.75, 3.05) is 26.0 Å². The number of aryl methyl sites for hydroxylation is 1. The van der Waals surface area contributed by atoms with E-state index < -0.39 is 0 Å². The summed E-state index contributed by atoms with van der Waals surface area (Å²) in [6, 6.07) is 14.2. The fourth-order valence-electron chi connectivity index (χ4n) is 11.8. The summed E-state index contributed by atoms with van der Waals surface area (Å²) in [5, 5.41) is 20.3. The first-order valence-electron chi connectivity index (χ1n) is 25.2. The number of allylic oxidation sites excluding steroid dienone is 6. The minimum Gasteiger partial charge on any atom is -0.393 e. The summed E-state index contributed by atoms with van der Waals surface area (Å²) in [7, 11) is 3.87. The molecule has 7 nitrogen and oxygen atoms in total. The van der Waals surface area contributed by atoms with Crippen LogP contribution >= 0.6 is 0 Å². The van der Waals surface area contributed by atoms with Gasteiger partial charge >= 0.3 is 0 Å². The standard InChI is InChI=1S/C27H35N3O.C25H42O2.C3H6.C2H6.CH2O/c1-5-6-7-9-21(2)12-14-24-15-13-23(19-26(24)29-4)20-30-27(31)25-11-8-10-22(18-25)16-17-28-3;1-16(2)5-4-6-21-19-7-8-22-20(18(19)9-10-23(21)27)12-14-25(15-26)13-11-17(3)24(22)25;1-3-2;2*1-2/h5-11,13,15,18-19,28-29H,1,12,14,16-17,20H2,2-4H3,(H,30,31);15-24,27H,4-14H2,1-3H3;3H,1H2,2H3;1-2H3;1H2/b7-6-,21-9+;;;;. The van der Waals surface area contributed by atoms with E-state index in [1.807, 2.05) is 72.0 Å². The molecule has 362 valence electrons. The van der Waals surface area contributed by atoms with Crippen molar-refractivity contribution in [3.05, 3.63) is 114 Å². The van der Waals surface area contributed by atoms with Gasteiger partial charge in [0.25, 0.3) is 5.91 Å². The maximum atomic E-state index is 12.6. The fourth-order valence-corrected chi connectivity index (χ4v) is 11.8. The zero-order chi connectivity index (χ0) is 48.4. The summed E-state index contributed by atoms with van der Waals surface area (Å²) in [6.45, 7) is 25.5. The summed E-state index contributed by atoms with van der Waals surface area (Å²) in [5.74, 6) is 5.86. The van der Waals surface area contributed by atoms with Gasteiger partial charge in [-0.25, -0.2) is 0 Å². The maximum absolute atomic E-state index is 12.6. The number of likely N-dealkylation sites (N-methyl/N-ethyl adjacent to an activating group) is 1. The lowest BCUT2D eigenvalue weighted by molar-refractivity contribution is -0.134. The van der Waals surface area contributed by atoms with Gasteiger partial charge in [-0.2, -0.15) is 0 Å². The van der Waals surface area contributed by atoms with E-state index in [4.69, 9.17) is 4.79 Å². The molecule has 9 unspecified atom stereocenters. The second-order valence-electron chi connectivity index (χ2n) is 19.3. The molecule has 2 aromatic carbocycles. The number of aldehydes is 1. The van der Waals surface area contributed by atoms with Gasteiger partial charge in [0.15, 0.2) is 0 Å². The fraction of sp³-hybridized carbons (Fsp3) is 0.603. The van der Waals surface area contributed by atoms with E-state index >= 15 is 0 Å². The smallest absolute Gasteiger partial charge is 0.251 e. The van der Waals surface area contributed by atoms with Crippen molar-refractivity contribution in [1.29, 1.82) is 0 Å². The normalized spacial score (nSPS) is 26.4. The van der Waals surface area contributed by atoms with Gasteiger partial charge in [-0.05, 0) is 187 Å². The van der Waals surface area contributed by atoms with Crippen molar-refractivity contribution in [3.8, 4) is 0 Å². The van der Waals surface area contributed by atoms with Crippen LogP contribution in [0.25, 0.3) is 0 Å². The third kappa shape index (κ3) is 16.9. The zero-order valence-electron chi connectivity index (χ0n) is 42.3. The molecule has 0 radical (unpaired) electrons. The number of aliphatic hydroxyl groups excluding tert-OH is 1. The molecule has 65 heavy (non-hydrogen) atoms. The zero-order valence-corrected chi connectivity index (χ0v) is 42.3. The Labute approximate surface area is 396 Å². The molecular weight excluding hydrogens is 803 g/mol. The van der Waals surface area contributed by atoms with Gasteiger partial charge in [-0.15, -0.1) is 6.58 Å². The van der Waals surface area contributed by atoms with Crippen molar-refractivity contribution in [1.82, 2.24) is 10.6 Å². The lowest BCUT2D eigenvalue weighted by Gasteiger charge is -2.57. The van der Waals surface area contributed by atoms with E-state index in [9.17, 15) is 14.7 Å². The Balaban J connectivity index is 0.000000395. The van der Waals surface area contributed by atoms with Gasteiger partial charge < -0.3 is 30.6 Å².